The molecule has 148 valence electrons. The minimum Gasteiger partial charge on any atom is -0.359 e. The predicted molar refractivity (Wildman–Crippen MR) is 117 cm³/mol. The lowest BCUT2D eigenvalue weighted by molar-refractivity contribution is -0.121. The summed E-state index contributed by atoms with van der Waals surface area (Å²) in [6.07, 6.45) is 2.77. The Balaban J connectivity index is 0.00000576. The summed E-state index contributed by atoms with van der Waals surface area (Å²) < 4.78 is 0. The zero-order valence-corrected chi connectivity index (χ0v) is 19.0. The Morgan fingerprint density at radius 2 is 1.84 bits per heavy atom. The van der Waals surface area contributed by atoms with E-state index in [0.29, 0.717) is 18.4 Å². The van der Waals surface area contributed by atoms with Crippen LogP contribution in [-0.2, 0) is 4.79 Å². The molecule has 0 aromatic rings. The third-order valence-corrected chi connectivity index (χ3v) is 4.94. The number of piperidine rings is 1. The maximum atomic E-state index is 11.5. The summed E-state index contributed by atoms with van der Waals surface area (Å²) in [6, 6.07) is 0.458. The minimum absolute atomic E-state index is 0. The lowest BCUT2D eigenvalue weighted by atomic mass is 9.93. The van der Waals surface area contributed by atoms with Crippen molar-refractivity contribution < 1.29 is 4.79 Å². The van der Waals surface area contributed by atoms with Gasteiger partial charge in [-0.2, -0.15) is 0 Å². The first-order chi connectivity index (χ1) is 11.5. The van der Waals surface area contributed by atoms with Gasteiger partial charge in [0.1, 0.15) is 0 Å². The maximum absolute atomic E-state index is 11.5. The van der Waals surface area contributed by atoms with Gasteiger partial charge in [-0.1, -0.05) is 13.8 Å². The van der Waals surface area contributed by atoms with Crippen molar-refractivity contribution in [2.45, 2.75) is 53.0 Å². The van der Waals surface area contributed by atoms with Crippen molar-refractivity contribution in [3.63, 3.8) is 0 Å². The van der Waals surface area contributed by atoms with E-state index < -0.39 is 0 Å². The first-order valence-electron chi connectivity index (χ1n) is 9.53. The molecule has 0 radical (unpaired) electrons. The van der Waals surface area contributed by atoms with E-state index in [1.54, 1.807) is 7.05 Å². The molecular formula is C18H38IN5O. The van der Waals surface area contributed by atoms with Crippen molar-refractivity contribution in [2.24, 2.45) is 10.9 Å². The summed E-state index contributed by atoms with van der Waals surface area (Å²) in [5.74, 6) is 1.68. The quantitative estimate of drug-likeness (QED) is 0.326. The van der Waals surface area contributed by atoms with Crippen molar-refractivity contribution >= 4 is 35.8 Å². The number of nitrogens with one attached hydrogen (secondary N) is 2. The van der Waals surface area contributed by atoms with Crippen molar-refractivity contribution in [1.29, 1.82) is 0 Å². The number of likely N-dealkylation sites (N-methyl/N-ethyl adjacent to an activating group) is 1. The Kier molecular flexibility index (Phi) is 13.3. The fraction of sp³-hybridized carbons (Fsp3) is 0.889. The van der Waals surface area contributed by atoms with Gasteiger partial charge < -0.3 is 15.5 Å². The molecule has 0 spiro atoms. The molecule has 6 nitrogen and oxygen atoms in total. The number of carbonyl (C=O) groups excluding carboxylic acids is 1. The molecular weight excluding hydrogens is 429 g/mol. The normalized spacial score (nSPS) is 17.2. The van der Waals surface area contributed by atoms with Crippen LogP contribution in [-0.4, -0.2) is 74.0 Å². The van der Waals surface area contributed by atoms with E-state index in [2.05, 4.69) is 48.1 Å². The number of rotatable bonds is 8. The average molecular weight is 467 g/mol. The number of likely N-dealkylation sites (tertiary alicyclic amines) is 1. The van der Waals surface area contributed by atoms with E-state index in [0.717, 1.165) is 58.1 Å². The van der Waals surface area contributed by atoms with E-state index >= 15 is 0 Å². The van der Waals surface area contributed by atoms with Crippen LogP contribution < -0.4 is 10.6 Å². The van der Waals surface area contributed by atoms with E-state index in [4.69, 9.17) is 4.99 Å². The number of guanidine groups is 1. The molecule has 0 aromatic carbocycles. The summed E-state index contributed by atoms with van der Waals surface area (Å²) in [5, 5.41) is 6.16. The number of hydrogen-bond acceptors (Lipinski definition) is 3. The van der Waals surface area contributed by atoms with Gasteiger partial charge in [-0.15, -0.1) is 24.0 Å². The van der Waals surface area contributed by atoms with Gasteiger partial charge in [-0.05, 0) is 45.7 Å². The van der Waals surface area contributed by atoms with Gasteiger partial charge in [0.15, 0.2) is 5.96 Å². The zero-order valence-electron chi connectivity index (χ0n) is 16.7. The monoisotopic (exact) mass is 467 g/mol. The fourth-order valence-electron chi connectivity index (χ4n) is 3.32. The summed E-state index contributed by atoms with van der Waals surface area (Å²) >= 11 is 0. The Labute approximate surface area is 171 Å². The smallest absolute Gasteiger partial charge is 0.220 e. The van der Waals surface area contributed by atoms with Gasteiger partial charge in [0.25, 0.3) is 0 Å². The van der Waals surface area contributed by atoms with Gasteiger partial charge in [-0.3, -0.25) is 14.7 Å². The molecule has 1 saturated heterocycles. The Bertz CT molecular complexity index is 393. The summed E-state index contributed by atoms with van der Waals surface area (Å²) in [7, 11) is 1.71. The number of carbonyl (C=O) groups is 1. The molecule has 1 fully saturated rings. The van der Waals surface area contributed by atoms with Crippen LogP contribution in [0, 0.1) is 5.92 Å². The summed E-state index contributed by atoms with van der Waals surface area (Å²) in [6.45, 7) is 14.6. The molecule has 0 aromatic heterocycles. The zero-order chi connectivity index (χ0) is 17.9. The molecule has 1 atom stereocenters. The van der Waals surface area contributed by atoms with Crippen molar-refractivity contribution in [2.75, 3.05) is 46.3 Å². The topological polar surface area (TPSA) is 60.0 Å². The van der Waals surface area contributed by atoms with Crippen molar-refractivity contribution in [1.82, 2.24) is 20.4 Å². The predicted octanol–water partition coefficient (Wildman–Crippen LogP) is 2.15. The van der Waals surface area contributed by atoms with Crippen LogP contribution in [0.3, 0.4) is 0 Å². The maximum Gasteiger partial charge on any atom is 0.220 e. The van der Waals surface area contributed by atoms with Crippen molar-refractivity contribution in [3.05, 3.63) is 0 Å². The molecule has 1 unspecified atom stereocenters. The molecule has 1 aliphatic rings. The fourth-order valence-corrected chi connectivity index (χ4v) is 3.32. The Hall–Kier alpha value is -0.570. The summed E-state index contributed by atoms with van der Waals surface area (Å²) in [5.41, 5.74) is 0. The van der Waals surface area contributed by atoms with E-state index in [1.165, 1.54) is 0 Å². The second kappa shape index (κ2) is 13.6. The number of nitrogens with zero attached hydrogens (tertiary/aromatic N) is 3. The van der Waals surface area contributed by atoms with Crippen LogP contribution in [0.25, 0.3) is 0 Å². The molecule has 1 heterocycles. The lowest BCUT2D eigenvalue weighted by Crippen LogP contribution is -2.46. The third kappa shape index (κ3) is 8.57. The minimum atomic E-state index is 0. The SMILES string of the molecule is CCNC(=NCC(C)N(CC)CC)N1CCC(CC(=O)NC)CC1.I. The highest BCUT2D eigenvalue weighted by Crippen LogP contribution is 2.20. The third-order valence-electron chi connectivity index (χ3n) is 4.94. The van der Waals surface area contributed by atoms with E-state index in [9.17, 15) is 4.79 Å². The number of halogens is 1. The van der Waals surface area contributed by atoms with Crippen LogP contribution in [0.2, 0.25) is 0 Å². The lowest BCUT2D eigenvalue weighted by Gasteiger charge is -2.34. The molecule has 7 heteroatoms. The molecule has 25 heavy (non-hydrogen) atoms. The largest absolute Gasteiger partial charge is 0.359 e. The molecule has 2 N–H and O–H groups in total. The van der Waals surface area contributed by atoms with Gasteiger partial charge in [0.05, 0.1) is 6.54 Å². The first-order valence-corrected chi connectivity index (χ1v) is 9.53. The highest BCUT2D eigenvalue weighted by molar-refractivity contribution is 14.0. The van der Waals surface area contributed by atoms with Crippen molar-refractivity contribution in [3.8, 4) is 0 Å². The van der Waals surface area contributed by atoms with Crippen LogP contribution in [0.4, 0.5) is 0 Å². The average Bonchev–Trinajstić information content (AvgIpc) is 2.60. The van der Waals surface area contributed by atoms with Crippen LogP contribution in [0.1, 0.15) is 47.0 Å². The molecule has 1 amide bonds. The second-order valence-electron chi connectivity index (χ2n) is 6.57. The molecule has 0 bridgehead atoms. The molecule has 1 aliphatic heterocycles. The number of aliphatic imine (C=N–C) groups is 1. The van der Waals surface area contributed by atoms with E-state index in [1.807, 2.05) is 0 Å². The molecule has 0 aliphatic carbocycles. The van der Waals surface area contributed by atoms with Gasteiger partial charge >= 0.3 is 0 Å². The first kappa shape index (κ1) is 24.4. The highest BCUT2D eigenvalue weighted by Gasteiger charge is 2.23. The summed E-state index contributed by atoms with van der Waals surface area (Å²) in [4.78, 5) is 21.2. The number of amides is 1. The number of hydrogen-bond donors (Lipinski definition) is 2. The second-order valence-corrected chi connectivity index (χ2v) is 6.57. The van der Waals surface area contributed by atoms with Gasteiger partial charge in [0.2, 0.25) is 5.91 Å². The van der Waals surface area contributed by atoms with Crippen LogP contribution >= 0.6 is 24.0 Å². The van der Waals surface area contributed by atoms with Gasteiger partial charge in [0, 0.05) is 39.1 Å². The van der Waals surface area contributed by atoms with Crippen LogP contribution in [0.15, 0.2) is 4.99 Å². The molecule has 0 saturated carbocycles. The van der Waals surface area contributed by atoms with E-state index in [-0.39, 0.29) is 29.9 Å². The standard InChI is InChI=1S/C18H37N5O.HI/c1-6-20-18(21-14-15(4)22(7-2)8-3)23-11-9-16(10-12-23)13-17(24)19-5;/h15-16H,6-14H2,1-5H3,(H,19,24)(H,20,21);1H. The van der Waals surface area contributed by atoms with Gasteiger partial charge in [-0.25, -0.2) is 0 Å². The van der Waals surface area contributed by atoms with Crippen LogP contribution in [0.5, 0.6) is 0 Å². The molecule has 1 rings (SSSR count). The highest BCUT2D eigenvalue weighted by atomic mass is 127. The Morgan fingerprint density at radius 1 is 1.24 bits per heavy atom. The Morgan fingerprint density at radius 3 is 2.32 bits per heavy atom.